The van der Waals surface area contributed by atoms with Crippen molar-refractivity contribution >= 4 is 23.5 Å². The molecule has 1 fully saturated rings. The number of anilines is 1. The molecule has 1 aliphatic heterocycles. The maximum Gasteiger partial charge on any atom is 0.339 e. The maximum atomic E-state index is 11.8. The van der Waals surface area contributed by atoms with Crippen LogP contribution in [0.3, 0.4) is 0 Å². The van der Waals surface area contributed by atoms with Gasteiger partial charge in [-0.05, 0) is 13.3 Å². The molecule has 2 heterocycles. The quantitative estimate of drug-likeness (QED) is 0.741. The number of hydrogen-bond donors (Lipinski definition) is 3. The monoisotopic (exact) mass is 265 g/mol. The highest BCUT2D eigenvalue weighted by Crippen LogP contribution is 2.19. The summed E-state index contributed by atoms with van der Waals surface area (Å²) in [5.41, 5.74) is 0.739. The molecule has 0 saturated carbocycles. The number of hydrogen-bond acceptors (Lipinski definition) is 3. The first-order chi connectivity index (χ1) is 8.99. The first-order valence-electron chi connectivity index (χ1n) is 5.98. The average Bonchev–Trinajstić information content (AvgIpc) is 2.86. The summed E-state index contributed by atoms with van der Waals surface area (Å²) in [5, 5.41) is 11.6. The Hall–Kier alpha value is -2.31. The minimum absolute atomic E-state index is 0.0396. The molecule has 0 aliphatic carbocycles. The number of likely N-dealkylation sites (tertiary alicyclic amines) is 1. The van der Waals surface area contributed by atoms with Crippen LogP contribution in [0, 0.1) is 6.92 Å². The molecule has 2 amide bonds. The number of rotatable bonds is 4. The maximum absolute atomic E-state index is 11.8. The number of aromatic carboxylic acids is 1. The SMILES string of the molecule is Cc1[nH]cc(NC(=O)CN2CCCC2=O)c1C(=O)O. The fraction of sp³-hybridized carbons (Fsp3) is 0.417. The van der Waals surface area contributed by atoms with Crippen molar-refractivity contribution in [3.63, 3.8) is 0 Å². The van der Waals surface area contributed by atoms with E-state index < -0.39 is 11.9 Å². The second kappa shape index (κ2) is 5.13. The number of aromatic nitrogens is 1. The smallest absolute Gasteiger partial charge is 0.339 e. The van der Waals surface area contributed by atoms with Crippen molar-refractivity contribution in [3.8, 4) is 0 Å². The molecular weight excluding hydrogens is 250 g/mol. The van der Waals surface area contributed by atoms with Gasteiger partial charge in [0.2, 0.25) is 11.8 Å². The fourth-order valence-corrected chi connectivity index (χ4v) is 2.14. The lowest BCUT2D eigenvalue weighted by atomic mass is 10.2. The Bertz CT molecular complexity index is 535. The number of amides is 2. The third-order valence-electron chi connectivity index (χ3n) is 3.07. The van der Waals surface area contributed by atoms with Gasteiger partial charge in [0.25, 0.3) is 0 Å². The summed E-state index contributed by atoms with van der Waals surface area (Å²) in [6.07, 6.45) is 2.66. The standard InChI is InChI=1S/C12H15N3O4/c1-7-11(12(18)19)8(5-13-7)14-9(16)6-15-4-2-3-10(15)17/h5,13H,2-4,6H2,1H3,(H,14,16)(H,18,19). The highest BCUT2D eigenvalue weighted by molar-refractivity contribution is 6.02. The van der Waals surface area contributed by atoms with Crippen molar-refractivity contribution < 1.29 is 19.5 Å². The Morgan fingerprint density at radius 3 is 2.84 bits per heavy atom. The molecule has 1 aliphatic rings. The van der Waals surface area contributed by atoms with Gasteiger partial charge < -0.3 is 20.3 Å². The number of aromatic amines is 1. The minimum atomic E-state index is -1.11. The zero-order valence-electron chi connectivity index (χ0n) is 10.5. The van der Waals surface area contributed by atoms with E-state index in [4.69, 9.17) is 5.11 Å². The summed E-state index contributed by atoms with van der Waals surface area (Å²) < 4.78 is 0. The molecule has 1 aromatic heterocycles. The molecule has 1 aromatic rings. The molecule has 102 valence electrons. The van der Waals surface area contributed by atoms with E-state index in [2.05, 4.69) is 10.3 Å². The number of carboxylic acid groups (broad SMARTS) is 1. The van der Waals surface area contributed by atoms with E-state index in [9.17, 15) is 14.4 Å². The summed E-state index contributed by atoms with van der Waals surface area (Å²) in [7, 11) is 0. The van der Waals surface area contributed by atoms with Crippen LogP contribution in [0.4, 0.5) is 5.69 Å². The Morgan fingerprint density at radius 1 is 1.53 bits per heavy atom. The van der Waals surface area contributed by atoms with Crippen molar-refractivity contribution in [1.29, 1.82) is 0 Å². The minimum Gasteiger partial charge on any atom is -0.478 e. The summed E-state index contributed by atoms with van der Waals surface area (Å²) in [5.74, 6) is -1.54. The predicted molar refractivity (Wildman–Crippen MR) is 66.9 cm³/mol. The lowest BCUT2D eigenvalue weighted by molar-refractivity contribution is -0.131. The van der Waals surface area contributed by atoms with E-state index in [1.165, 1.54) is 11.1 Å². The van der Waals surface area contributed by atoms with Crippen LogP contribution in [0.15, 0.2) is 6.20 Å². The normalized spacial score (nSPS) is 14.8. The van der Waals surface area contributed by atoms with Crippen LogP contribution in [-0.2, 0) is 9.59 Å². The van der Waals surface area contributed by atoms with Gasteiger partial charge in [-0.3, -0.25) is 9.59 Å². The van der Waals surface area contributed by atoms with Crippen LogP contribution in [0.1, 0.15) is 28.9 Å². The van der Waals surface area contributed by atoms with Gasteiger partial charge in [-0.2, -0.15) is 0 Å². The number of nitrogens with one attached hydrogen (secondary N) is 2. The highest BCUT2D eigenvalue weighted by Gasteiger charge is 2.23. The molecule has 1 saturated heterocycles. The van der Waals surface area contributed by atoms with E-state index in [0.29, 0.717) is 18.7 Å². The number of carboxylic acids is 1. The van der Waals surface area contributed by atoms with Gasteiger partial charge in [-0.1, -0.05) is 0 Å². The molecule has 0 spiro atoms. The van der Waals surface area contributed by atoms with E-state index >= 15 is 0 Å². The Labute approximate surface area is 109 Å². The van der Waals surface area contributed by atoms with Crippen LogP contribution in [-0.4, -0.2) is 45.9 Å². The van der Waals surface area contributed by atoms with Crippen LogP contribution >= 0.6 is 0 Å². The van der Waals surface area contributed by atoms with Crippen LogP contribution in [0.25, 0.3) is 0 Å². The van der Waals surface area contributed by atoms with E-state index in [-0.39, 0.29) is 23.7 Å². The van der Waals surface area contributed by atoms with Gasteiger partial charge >= 0.3 is 5.97 Å². The first-order valence-corrected chi connectivity index (χ1v) is 5.98. The highest BCUT2D eigenvalue weighted by atomic mass is 16.4. The van der Waals surface area contributed by atoms with Crippen molar-refractivity contribution in [2.75, 3.05) is 18.4 Å². The van der Waals surface area contributed by atoms with Gasteiger partial charge in [0.15, 0.2) is 0 Å². The van der Waals surface area contributed by atoms with Crippen molar-refractivity contribution in [1.82, 2.24) is 9.88 Å². The second-order valence-electron chi connectivity index (χ2n) is 4.47. The molecular formula is C12H15N3O4. The molecule has 3 N–H and O–H groups in total. The topological polar surface area (TPSA) is 103 Å². The van der Waals surface area contributed by atoms with E-state index in [1.54, 1.807) is 6.92 Å². The van der Waals surface area contributed by atoms with Crippen molar-refractivity contribution in [2.45, 2.75) is 19.8 Å². The summed E-state index contributed by atoms with van der Waals surface area (Å²) in [4.78, 5) is 38.4. The number of carbonyl (C=O) groups excluding carboxylic acids is 2. The van der Waals surface area contributed by atoms with Crippen LogP contribution in [0.2, 0.25) is 0 Å². The molecule has 0 radical (unpaired) electrons. The van der Waals surface area contributed by atoms with Gasteiger partial charge in [0.05, 0.1) is 12.2 Å². The van der Waals surface area contributed by atoms with E-state index in [1.807, 2.05) is 0 Å². The largest absolute Gasteiger partial charge is 0.478 e. The molecule has 0 aromatic carbocycles. The van der Waals surface area contributed by atoms with Gasteiger partial charge in [-0.25, -0.2) is 4.79 Å². The number of nitrogens with zero attached hydrogens (tertiary/aromatic N) is 1. The lowest BCUT2D eigenvalue weighted by Crippen LogP contribution is -2.34. The number of H-pyrrole nitrogens is 1. The molecule has 2 rings (SSSR count). The van der Waals surface area contributed by atoms with Gasteiger partial charge in [0.1, 0.15) is 5.56 Å². The van der Waals surface area contributed by atoms with Crippen molar-refractivity contribution in [3.05, 3.63) is 17.5 Å². The summed E-state index contributed by atoms with van der Waals surface area (Å²) in [6.45, 7) is 2.15. The summed E-state index contributed by atoms with van der Waals surface area (Å²) >= 11 is 0. The van der Waals surface area contributed by atoms with Crippen molar-refractivity contribution in [2.24, 2.45) is 0 Å². The van der Waals surface area contributed by atoms with E-state index in [0.717, 1.165) is 6.42 Å². The van der Waals surface area contributed by atoms with Gasteiger partial charge in [0, 0.05) is 24.9 Å². The molecule has 0 bridgehead atoms. The summed E-state index contributed by atoms with van der Waals surface area (Å²) in [6, 6.07) is 0. The Kier molecular flexibility index (Phi) is 3.55. The second-order valence-corrected chi connectivity index (χ2v) is 4.47. The Balaban J connectivity index is 2.03. The molecule has 19 heavy (non-hydrogen) atoms. The zero-order valence-corrected chi connectivity index (χ0v) is 10.5. The first kappa shape index (κ1) is 13.1. The number of aryl methyl sites for hydroxylation is 1. The Morgan fingerprint density at radius 2 is 2.26 bits per heavy atom. The van der Waals surface area contributed by atoms with Crippen LogP contribution < -0.4 is 5.32 Å². The fourth-order valence-electron chi connectivity index (χ4n) is 2.14. The molecule has 0 atom stereocenters. The molecule has 7 nitrogen and oxygen atoms in total. The zero-order chi connectivity index (χ0) is 14.0. The average molecular weight is 265 g/mol. The third-order valence-corrected chi connectivity index (χ3v) is 3.07. The third kappa shape index (κ3) is 2.75. The predicted octanol–water partition coefficient (Wildman–Crippen LogP) is 0.582. The molecule has 7 heteroatoms. The van der Waals surface area contributed by atoms with Gasteiger partial charge in [-0.15, -0.1) is 0 Å². The molecule has 0 unspecified atom stereocenters. The lowest BCUT2D eigenvalue weighted by Gasteiger charge is -2.14. The number of carbonyl (C=O) groups is 3. The van der Waals surface area contributed by atoms with Crippen LogP contribution in [0.5, 0.6) is 0 Å².